The fraction of sp³-hybridized carbons (Fsp3) is 0.500. The summed E-state index contributed by atoms with van der Waals surface area (Å²) in [5.74, 6) is 0.786. The van der Waals surface area contributed by atoms with E-state index in [0.717, 1.165) is 29.8 Å². The van der Waals surface area contributed by atoms with Gasteiger partial charge in [0.2, 0.25) is 5.78 Å². The zero-order chi connectivity index (χ0) is 21.0. The molecule has 0 N–H and O–H groups in total. The third-order valence-corrected chi connectivity index (χ3v) is 5.45. The molecule has 0 saturated heterocycles. The highest BCUT2D eigenvalue weighted by molar-refractivity contribution is 6.09. The molecule has 0 fully saturated rings. The van der Waals surface area contributed by atoms with Crippen LogP contribution in [0.1, 0.15) is 73.8 Å². The average molecular weight is 398 g/mol. The van der Waals surface area contributed by atoms with Crippen molar-refractivity contribution in [3.63, 3.8) is 0 Å². The fourth-order valence-corrected chi connectivity index (χ4v) is 3.84. The van der Waals surface area contributed by atoms with E-state index < -0.39 is 0 Å². The second kappa shape index (κ2) is 9.29. The van der Waals surface area contributed by atoms with Gasteiger partial charge in [-0.3, -0.25) is 9.59 Å². The molecule has 0 spiro atoms. The minimum atomic E-state index is -0.283. The Kier molecular flexibility index (Phi) is 6.78. The first-order chi connectivity index (χ1) is 14.0. The van der Waals surface area contributed by atoms with Crippen LogP contribution in [0, 0.1) is 5.92 Å². The summed E-state index contributed by atoms with van der Waals surface area (Å²) in [5, 5.41) is 0. The fourth-order valence-electron chi connectivity index (χ4n) is 3.84. The van der Waals surface area contributed by atoms with E-state index in [2.05, 4.69) is 13.8 Å². The third kappa shape index (κ3) is 4.55. The summed E-state index contributed by atoms with van der Waals surface area (Å²) >= 11 is 0. The van der Waals surface area contributed by atoms with Crippen LogP contribution in [-0.4, -0.2) is 29.5 Å². The third-order valence-electron chi connectivity index (χ3n) is 5.45. The number of aromatic nitrogens is 1. The molecule has 0 radical (unpaired) electrons. The predicted octanol–water partition coefficient (Wildman–Crippen LogP) is 4.76. The highest BCUT2D eigenvalue weighted by atomic mass is 16.5. The van der Waals surface area contributed by atoms with E-state index in [1.54, 1.807) is 12.1 Å². The molecule has 1 aliphatic heterocycles. The van der Waals surface area contributed by atoms with Crippen molar-refractivity contribution < 1.29 is 19.1 Å². The molecule has 1 atom stereocenters. The Hall–Kier alpha value is -2.56. The number of carbonyl (C=O) groups is 2. The second-order valence-corrected chi connectivity index (χ2v) is 7.93. The van der Waals surface area contributed by atoms with Crippen LogP contribution in [0.25, 0.3) is 0 Å². The van der Waals surface area contributed by atoms with Crippen molar-refractivity contribution in [2.45, 2.75) is 59.4 Å². The summed E-state index contributed by atoms with van der Waals surface area (Å²) in [5.41, 5.74) is 3.22. The van der Waals surface area contributed by atoms with Crippen molar-refractivity contribution in [3.8, 4) is 5.75 Å². The monoisotopic (exact) mass is 397 g/mol. The van der Waals surface area contributed by atoms with Crippen molar-refractivity contribution in [2.75, 3.05) is 13.2 Å². The standard InChI is InChI=1S/C24H31NO4/c1-5-17-15-21-20(24(27)29-14-12-16(3)4)11-13-25(21)22(17)23(26)18-7-9-19(10-8-18)28-6-2/h7-10,15-16,20H,5-6,11-14H2,1-4H3. The Labute approximate surface area is 173 Å². The molecule has 1 aliphatic rings. The summed E-state index contributed by atoms with van der Waals surface area (Å²) in [7, 11) is 0. The van der Waals surface area contributed by atoms with Gasteiger partial charge in [0.15, 0.2) is 0 Å². The molecule has 29 heavy (non-hydrogen) atoms. The maximum atomic E-state index is 13.3. The molecule has 156 valence electrons. The van der Waals surface area contributed by atoms with Crippen LogP contribution >= 0.6 is 0 Å². The smallest absolute Gasteiger partial charge is 0.315 e. The molecule has 5 nitrogen and oxygen atoms in total. The predicted molar refractivity (Wildman–Crippen MR) is 113 cm³/mol. The van der Waals surface area contributed by atoms with Crippen molar-refractivity contribution in [3.05, 3.63) is 52.8 Å². The highest BCUT2D eigenvalue weighted by Crippen LogP contribution is 2.35. The van der Waals surface area contributed by atoms with Gasteiger partial charge in [-0.05, 0) is 68.0 Å². The summed E-state index contributed by atoms with van der Waals surface area (Å²) in [6.45, 7) is 9.90. The van der Waals surface area contributed by atoms with Gasteiger partial charge in [0, 0.05) is 17.8 Å². The van der Waals surface area contributed by atoms with E-state index in [0.29, 0.717) is 43.4 Å². The van der Waals surface area contributed by atoms with Crippen LogP contribution in [0.3, 0.4) is 0 Å². The van der Waals surface area contributed by atoms with E-state index in [9.17, 15) is 9.59 Å². The van der Waals surface area contributed by atoms with E-state index in [-0.39, 0.29) is 17.7 Å². The van der Waals surface area contributed by atoms with Gasteiger partial charge >= 0.3 is 5.97 Å². The normalized spacial score (nSPS) is 15.4. The lowest BCUT2D eigenvalue weighted by atomic mass is 10.0. The van der Waals surface area contributed by atoms with Gasteiger partial charge in [0.25, 0.3) is 0 Å². The SMILES string of the molecule is CCOc1ccc(C(=O)c2c(CC)cc3n2CCC3C(=O)OCCC(C)C)cc1. The molecule has 0 amide bonds. The lowest BCUT2D eigenvalue weighted by Crippen LogP contribution is -2.15. The van der Waals surface area contributed by atoms with E-state index >= 15 is 0 Å². The topological polar surface area (TPSA) is 57.5 Å². The van der Waals surface area contributed by atoms with Gasteiger partial charge in [-0.25, -0.2) is 0 Å². The van der Waals surface area contributed by atoms with Crippen molar-refractivity contribution >= 4 is 11.8 Å². The van der Waals surface area contributed by atoms with Crippen LogP contribution in [0.15, 0.2) is 30.3 Å². The Morgan fingerprint density at radius 2 is 1.90 bits per heavy atom. The first-order valence-electron chi connectivity index (χ1n) is 10.6. The molecular formula is C24H31NO4. The number of rotatable bonds is 9. The molecule has 3 rings (SSSR count). The van der Waals surface area contributed by atoms with Crippen molar-refractivity contribution in [2.24, 2.45) is 5.92 Å². The number of esters is 1. The Morgan fingerprint density at radius 3 is 2.52 bits per heavy atom. The van der Waals surface area contributed by atoms with Gasteiger partial charge in [-0.1, -0.05) is 20.8 Å². The number of hydrogen-bond donors (Lipinski definition) is 0. The largest absolute Gasteiger partial charge is 0.494 e. The summed E-state index contributed by atoms with van der Waals surface area (Å²) < 4.78 is 13.0. The molecule has 1 aromatic carbocycles. The number of nitrogens with zero attached hydrogens (tertiary/aromatic N) is 1. The van der Waals surface area contributed by atoms with Crippen LogP contribution in [0.5, 0.6) is 5.75 Å². The molecule has 5 heteroatoms. The molecule has 2 heterocycles. The maximum absolute atomic E-state index is 13.3. The summed E-state index contributed by atoms with van der Waals surface area (Å²) in [4.78, 5) is 25.9. The van der Waals surface area contributed by atoms with Gasteiger partial charge in [0.1, 0.15) is 5.75 Å². The average Bonchev–Trinajstić information content (AvgIpc) is 3.26. The minimum absolute atomic E-state index is 0.00928. The summed E-state index contributed by atoms with van der Waals surface area (Å²) in [6.07, 6.45) is 2.29. The summed E-state index contributed by atoms with van der Waals surface area (Å²) in [6, 6.07) is 9.28. The number of carbonyl (C=O) groups excluding carboxylic acids is 2. The molecule has 2 aromatic rings. The Morgan fingerprint density at radius 1 is 1.17 bits per heavy atom. The first kappa shape index (κ1) is 21.2. The number of aryl methyl sites for hydroxylation is 1. The lowest BCUT2D eigenvalue weighted by molar-refractivity contribution is -0.145. The Balaban J connectivity index is 1.83. The van der Waals surface area contributed by atoms with E-state index in [1.807, 2.05) is 36.6 Å². The molecule has 0 bridgehead atoms. The zero-order valence-electron chi connectivity index (χ0n) is 17.9. The number of hydrogen-bond acceptors (Lipinski definition) is 4. The zero-order valence-corrected chi connectivity index (χ0v) is 17.9. The molecule has 0 saturated carbocycles. The van der Waals surface area contributed by atoms with Gasteiger partial charge in [-0.15, -0.1) is 0 Å². The van der Waals surface area contributed by atoms with E-state index in [1.165, 1.54) is 0 Å². The van der Waals surface area contributed by atoms with E-state index in [4.69, 9.17) is 9.47 Å². The molecular weight excluding hydrogens is 366 g/mol. The van der Waals surface area contributed by atoms with Crippen molar-refractivity contribution in [1.29, 1.82) is 0 Å². The van der Waals surface area contributed by atoms with Gasteiger partial charge in [-0.2, -0.15) is 0 Å². The van der Waals surface area contributed by atoms with Gasteiger partial charge in [0.05, 0.1) is 24.8 Å². The van der Waals surface area contributed by atoms with Crippen LogP contribution < -0.4 is 4.74 Å². The maximum Gasteiger partial charge on any atom is 0.315 e. The number of ketones is 1. The molecule has 1 unspecified atom stereocenters. The van der Waals surface area contributed by atoms with Crippen LogP contribution in [0.2, 0.25) is 0 Å². The lowest BCUT2D eigenvalue weighted by Gasteiger charge is -2.11. The molecule has 1 aromatic heterocycles. The minimum Gasteiger partial charge on any atom is -0.494 e. The van der Waals surface area contributed by atoms with Crippen molar-refractivity contribution in [1.82, 2.24) is 4.57 Å². The number of fused-ring (bicyclic) bond motifs is 1. The van der Waals surface area contributed by atoms with Crippen LogP contribution in [-0.2, 0) is 22.5 Å². The first-order valence-corrected chi connectivity index (χ1v) is 10.6. The second-order valence-electron chi connectivity index (χ2n) is 7.93. The quantitative estimate of drug-likeness (QED) is 0.452. The van der Waals surface area contributed by atoms with Gasteiger partial charge < -0.3 is 14.0 Å². The van der Waals surface area contributed by atoms with Crippen LogP contribution in [0.4, 0.5) is 0 Å². The number of benzene rings is 1. The number of ether oxygens (including phenoxy) is 2. The Bertz CT molecular complexity index is 864. The molecule has 0 aliphatic carbocycles. The highest BCUT2D eigenvalue weighted by Gasteiger charge is 2.34.